The fraction of sp³-hybridized carbons (Fsp3) is 0.214. The van der Waals surface area contributed by atoms with Gasteiger partial charge in [-0.2, -0.15) is 0 Å². The van der Waals surface area contributed by atoms with E-state index < -0.39 is 0 Å². The molecule has 3 heteroatoms. The van der Waals surface area contributed by atoms with Gasteiger partial charge in [0.1, 0.15) is 0 Å². The van der Waals surface area contributed by atoms with Crippen LogP contribution in [0.2, 0.25) is 0 Å². The van der Waals surface area contributed by atoms with Gasteiger partial charge in [0, 0.05) is 24.0 Å². The smallest absolute Gasteiger partial charge is 0.254 e. The molecule has 2 heterocycles. The van der Waals surface area contributed by atoms with Crippen molar-refractivity contribution in [1.82, 2.24) is 9.88 Å². The van der Waals surface area contributed by atoms with E-state index in [2.05, 4.69) is 43.3 Å². The third-order valence-electron chi connectivity index (χ3n) is 6.18. The van der Waals surface area contributed by atoms with E-state index in [9.17, 15) is 4.79 Å². The number of amides is 1. The summed E-state index contributed by atoms with van der Waals surface area (Å²) in [5.74, 6) is 0.670. The van der Waals surface area contributed by atoms with Crippen molar-refractivity contribution < 1.29 is 4.79 Å². The molecule has 1 amide bonds. The number of rotatable bonds is 3. The number of hydrogen-bond acceptors (Lipinski definition) is 2. The highest BCUT2D eigenvalue weighted by Gasteiger charge is 2.24. The summed E-state index contributed by atoms with van der Waals surface area (Å²) in [6.45, 7) is 3.89. The molecule has 5 rings (SSSR count). The Balaban J connectivity index is 1.55. The Labute approximate surface area is 183 Å². The molecule has 3 nitrogen and oxygen atoms in total. The van der Waals surface area contributed by atoms with Crippen LogP contribution in [0.25, 0.3) is 33.3 Å². The van der Waals surface area contributed by atoms with E-state index in [1.54, 1.807) is 0 Å². The molecule has 0 spiro atoms. The third kappa shape index (κ3) is 3.96. The molecule has 0 bridgehead atoms. The van der Waals surface area contributed by atoms with Gasteiger partial charge in [-0.25, -0.2) is 4.98 Å². The number of fused-ring (bicyclic) bond motifs is 1. The molecular weight excluding hydrogens is 380 g/mol. The monoisotopic (exact) mass is 406 g/mol. The summed E-state index contributed by atoms with van der Waals surface area (Å²) in [6, 6.07) is 28.7. The maximum atomic E-state index is 13.5. The minimum atomic E-state index is 0.118. The number of carbonyl (C=O) groups excluding carboxylic acids is 1. The molecule has 0 radical (unpaired) electrons. The Morgan fingerprint density at radius 2 is 1.55 bits per heavy atom. The van der Waals surface area contributed by atoms with Gasteiger partial charge in [-0.05, 0) is 42.0 Å². The van der Waals surface area contributed by atoms with E-state index in [1.165, 1.54) is 17.5 Å². The average molecular weight is 407 g/mol. The molecule has 1 fully saturated rings. The standard InChI is InChI=1S/C28H26N2O/c1-20-8-7-17-30(19-20)28(31)25-18-27(29-26-12-6-5-11-24(25)26)23-15-13-22(14-16-23)21-9-3-2-4-10-21/h2-6,9-16,18,20H,7-8,17,19H2,1H3. The summed E-state index contributed by atoms with van der Waals surface area (Å²) < 4.78 is 0. The van der Waals surface area contributed by atoms with E-state index in [0.29, 0.717) is 5.92 Å². The summed E-state index contributed by atoms with van der Waals surface area (Å²) in [5, 5.41) is 0.926. The van der Waals surface area contributed by atoms with Gasteiger partial charge in [0.05, 0.1) is 16.8 Å². The first kappa shape index (κ1) is 19.5. The van der Waals surface area contributed by atoms with Crippen molar-refractivity contribution in [3.05, 3.63) is 90.5 Å². The molecule has 1 atom stereocenters. The topological polar surface area (TPSA) is 33.2 Å². The summed E-state index contributed by atoms with van der Waals surface area (Å²) in [7, 11) is 0. The highest BCUT2D eigenvalue weighted by molar-refractivity contribution is 6.07. The number of aromatic nitrogens is 1. The second-order valence-electron chi connectivity index (χ2n) is 8.51. The van der Waals surface area contributed by atoms with Crippen LogP contribution in [0.15, 0.2) is 84.9 Å². The Hall–Kier alpha value is -3.46. The first-order chi connectivity index (χ1) is 15.2. The molecule has 3 aromatic carbocycles. The highest BCUT2D eigenvalue weighted by atomic mass is 16.2. The number of benzene rings is 3. The van der Waals surface area contributed by atoms with Crippen molar-refractivity contribution in [3.8, 4) is 22.4 Å². The minimum Gasteiger partial charge on any atom is -0.338 e. The van der Waals surface area contributed by atoms with Crippen LogP contribution in [-0.2, 0) is 0 Å². The van der Waals surface area contributed by atoms with Crippen molar-refractivity contribution in [1.29, 1.82) is 0 Å². The lowest BCUT2D eigenvalue weighted by molar-refractivity contribution is 0.0685. The number of para-hydroxylation sites is 1. The molecule has 1 aliphatic rings. The van der Waals surface area contributed by atoms with Crippen molar-refractivity contribution >= 4 is 16.8 Å². The van der Waals surface area contributed by atoms with Gasteiger partial charge < -0.3 is 4.90 Å². The van der Waals surface area contributed by atoms with E-state index in [-0.39, 0.29) is 5.91 Å². The van der Waals surface area contributed by atoms with E-state index >= 15 is 0 Å². The second kappa shape index (κ2) is 8.35. The van der Waals surface area contributed by atoms with Gasteiger partial charge >= 0.3 is 0 Å². The lowest BCUT2D eigenvalue weighted by atomic mass is 9.97. The molecule has 0 saturated carbocycles. The van der Waals surface area contributed by atoms with Crippen LogP contribution < -0.4 is 0 Å². The molecule has 1 aromatic heterocycles. The quantitative estimate of drug-likeness (QED) is 0.392. The minimum absolute atomic E-state index is 0.118. The Kier molecular flexibility index (Phi) is 5.25. The zero-order valence-corrected chi connectivity index (χ0v) is 17.8. The van der Waals surface area contributed by atoms with Crippen LogP contribution in [0.5, 0.6) is 0 Å². The average Bonchev–Trinajstić information content (AvgIpc) is 2.83. The second-order valence-corrected chi connectivity index (χ2v) is 8.51. The number of piperidine rings is 1. The number of carbonyl (C=O) groups is 1. The van der Waals surface area contributed by atoms with Gasteiger partial charge in [-0.1, -0.05) is 79.7 Å². The number of hydrogen-bond donors (Lipinski definition) is 0. The maximum Gasteiger partial charge on any atom is 0.254 e. The molecule has 4 aromatic rings. The van der Waals surface area contributed by atoms with Gasteiger partial charge in [0.25, 0.3) is 5.91 Å². The van der Waals surface area contributed by atoms with Gasteiger partial charge in [-0.3, -0.25) is 4.79 Å². The van der Waals surface area contributed by atoms with Crippen LogP contribution >= 0.6 is 0 Å². The zero-order chi connectivity index (χ0) is 21.2. The summed E-state index contributed by atoms with van der Waals surface area (Å²) in [4.78, 5) is 20.4. The number of nitrogens with zero attached hydrogens (tertiary/aromatic N) is 2. The Morgan fingerprint density at radius 3 is 2.32 bits per heavy atom. The molecule has 0 N–H and O–H groups in total. The first-order valence-electron chi connectivity index (χ1n) is 11.0. The predicted molar refractivity (Wildman–Crippen MR) is 127 cm³/mol. The van der Waals surface area contributed by atoms with Crippen molar-refractivity contribution in [2.24, 2.45) is 5.92 Å². The predicted octanol–water partition coefficient (Wildman–Crippen LogP) is 6.44. The van der Waals surface area contributed by atoms with Gasteiger partial charge in [0.2, 0.25) is 0 Å². The summed E-state index contributed by atoms with van der Waals surface area (Å²) in [5.41, 5.74) is 5.83. The van der Waals surface area contributed by atoms with Crippen LogP contribution in [-0.4, -0.2) is 28.9 Å². The maximum absolute atomic E-state index is 13.5. The summed E-state index contributed by atoms with van der Waals surface area (Å²) >= 11 is 0. The fourth-order valence-corrected chi connectivity index (χ4v) is 4.51. The normalized spacial score (nSPS) is 16.4. The van der Waals surface area contributed by atoms with Crippen LogP contribution in [0.4, 0.5) is 0 Å². The van der Waals surface area contributed by atoms with Crippen LogP contribution in [0, 0.1) is 5.92 Å². The van der Waals surface area contributed by atoms with Gasteiger partial charge in [-0.15, -0.1) is 0 Å². The van der Waals surface area contributed by atoms with Crippen LogP contribution in [0.3, 0.4) is 0 Å². The summed E-state index contributed by atoms with van der Waals surface area (Å²) in [6.07, 6.45) is 2.27. The first-order valence-corrected chi connectivity index (χ1v) is 11.0. The van der Waals surface area contributed by atoms with Crippen molar-refractivity contribution in [2.75, 3.05) is 13.1 Å². The molecule has 1 aliphatic heterocycles. The van der Waals surface area contributed by atoms with E-state index in [0.717, 1.165) is 47.2 Å². The number of likely N-dealkylation sites (tertiary alicyclic amines) is 1. The highest BCUT2D eigenvalue weighted by Crippen LogP contribution is 2.29. The third-order valence-corrected chi connectivity index (χ3v) is 6.18. The van der Waals surface area contributed by atoms with Crippen molar-refractivity contribution in [3.63, 3.8) is 0 Å². The lowest BCUT2D eigenvalue weighted by Crippen LogP contribution is -2.39. The van der Waals surface area contributed by atoms with Crippen molar-refractivity contribution in [2.45, 2.75) is 19.8 Å². The van der Waals surface area contributed by atoms with E-state index in [4.69, 9.17) is 4.98 Å². The molecule has 0 aliphatic carbocycles. The number of pyridine rings is 1. The molecule has 1 unspecified atom stereocenters. The fourth-order valence-electron chi connectivity index (χ4n) is 4.51. The Bertz CT molecular complexity index is 1210. The molecular formula is C28H26N2O. The lowest BCUT2D eigenvalue weighted by Gasteiger charge is -2.31. The Morgan fingerprint density at radius 1 is 0.871 bits per heavy atom. The van der Waals surface area contributed by atoms with Gasteiger partial charge in [0.15, 0.2) is 0 Å². The zero-order valence-electron chi connectivity index (χ0n) is 17.8. The molecule has 154 valence electrons. The van der Waals surface area contributed by atoms with Crippen LogP contribution in [0.1, 0.15) is 30.1 Å². The molecule has 1 saturated heterocycles. The largest absolute Gasteiger partial charge is 0.338 e. The SMILES string of the molecule is CC1CCCN(C(=O)c2cc(-c3ccc(-c4ccccc4)cc3)nc3ccccc23)C1. The molecule has 31 heavy (non-hydrogen) atoms. The van der Waals surface area contributed by atoms with E-state index in [1.807, 2.05) is 53.4 Å².